The van der Waals surface area contributed by atoms with Crippen molar-refractivity contribution in [1.82, 2.24) is 0 Å². The number of carbonyl (C=O) groups excluding carboxylic acids is 1. The minimum atomic E-state index is -0.167. The number of methoxy groups -OCH3 is 1. The Balaban J connectivity index is 1.90. The van der Waals surface area contributed by atoms with Crippen LogP contribution in [0.15, 0.2) is 51.8 Å². The van der Waals surface area contributed by atoms with E-state index in [0.29, 0.717) is 25.1 Å². The number of phenols is 1. The standard InChI is InChI=1S/C17H12BrNO3S2/c1-22-12-5-3-11(4-6-12)19-16(21)15(24-17(19)23)9-10-2-7-14(20)13(18)8-10/h2-9,20H,1H3/b15-9+. The van der Waals surface area contributed by atoms with Crippen LogP contribution in [-0.4, -0.2) is 22.4 Å². The number of hydrogen-bond acceptors (Lipinski definition) is 5. The number of ether oxygens (including phenoxy) is 1. The summed E-state index contributed by atoms with van der Waals surface area (Å²) in [5, 5.41) is 9.55. The Morgan fingerprint density at radius 2 is 1.96 bits per heavy atom. The fourth-order valence-corrected chi connectivity index (χ4v) is 3.88. The van der Waals surface area contributed by atoms with Gasteiger partial charge < -0.3 is 9.84 Å². The Morgan fingerprint density at radius 3 is 2.58 bits per heavy atom. The summed E-state index contributed by atoms with van der Waals surface area (Å²) < 4.78 is 6.18. The van der Waals surface area contributed by atoms with Crippen molar-refractivity contribution in [3.63, 3.8) is 0 Å². The number of thiocarbonyl (C=S) groups is 1. The molecule has 0 aromatic heterocycles. The first-order chi connectivity index (χ1) is 11.5. The molecule has 1 saturated heterocycles. The second-order valence-corrected chi connectivity index (χ2v) is 7.46. The highest BCUT2D eigenvalue weighted by molar-refractivity contribution is 9.10. The summed E-state index contributed by atoms with van der Waals surface area (Å²) in [7, 11) is 1.59. The zero-order chi connectivity index (χ0) is 17.3. The lowest BCUT2D eigenvalue weighted by atomic mass is 10.2. The van der Waals surface area contributed by atoms with Crippen LogP contribution in [0, 0.1) is 0 Å². The summed E-state index contributed by atoms with van der Waals surface area (Å²) in [5.41, 5.74) is 1.50. The lowest BCUT2D eigenvalue weighted by Gasteiger charge is -2.14. The lowest BCUT2D eigenvalue weighted by molar-refractivity contribution is -0.113. The van der Waals surface area contributed by atoms with Gasteiger partial charge in [0.05, 0.1) is 22.2 Å². The molecule has 0 atom stereocenters. The second kappa shape index (κ2) is 6.96. The molecule has 3 rings (SSSR count). The molecule has 0 saturated carbocycles. The van der Waals surface area contributed by atoms with Crippen LogP contribution in [0.25, 0.3) is 6.08 Å². The SMILES string of the molecule is COc1ccc(N2C(=O)/C(=C\c3ccc(O)c(Br)c3)SC2=S)cc1. The van der Waals surface area contributed by atoms with E-state index in [-0.39, 0.29) is 11.7 Å². The van der Waals surface area contributed by atoms with Gasteiger partial charge in [-0.3, -0.25) is 9.69 Å². The number of anilines is 1. The van der Waals surface area contributed by atoms with Crippen LogP contribution in [0.1, 0.15) is 5.56 Å². The fourth-order valence-electron chi connectivity index (χ4n) is 2.19. The van der Waals surface area contributed by atoms with Crippen molar-refractivity contribution < 1.29 is 14.6 Å². The van der Waals surface area contributed by atoms with Crippen molar-refractivity contribution in [3.05, 3.63) is 57.4 Å². The van der Waals surface area contributed by atoms with Crippen LogP contribution >= 0.6 is 39.9 Å². The van der Waals surface area contributed by atoms with Gasteiger partial charge in [-0.1, -0.05) is 30.0 Å². The van der Waals surface area contributed by atoms with Gasteiger partial charge in [0.1, 0.15) is 11.5 Å². The number of rotatable bonds is 3. The van der Waals surface area contributed by atoms with E-state index in [1.807, 2.05) is 0 Å². The molecule has 1 amide bonds. The maximum absolute atomic E-state index is 12.7. The van der Waals surface area contributed by atoms with Crippen molar-refractivity contribution in [2.24, 2.45) is 0 Å². The van der Waals surface area contributed by atoms with E-state index in [2.05, 4.69) is 15.9 Å². The summed E-state index contributed by atoms with van der Waals surface area (Å²) >= 11 is 9.86. The first-order valence-electron chi connectivity index (χ1n) is 6.90. The summed E-state index contributed by atoms with van der Waals surface area (Å²) in [4.78, 5) is 14.7. The number of nitrogens with zero attached hydrogens (tertiary/aromatic N) is 1. The summed E-state index contributed by atoms with van der Waals surface area (Å²) in [6.45, 7) is 0. The van der Waals surface area contributed by atoms with E-state index < -0.39 is 0 Å². The average Bonchev–Trinajstić information content (AvgIpc) is 2.85. The third kappa shape index (κ3) is 3.33. The van der Waals surface area contributed by atoms with Gasteiger partial charge >= 0.3 is 0 Å². The third-order valence-corrected chi connectivity index (χ3v) is 5.33. The van der Waals surface area contributed by atoms with Crippen LogP contribution in [0.3, 0.4) is 0 Å². The minimum Gasteiger partial charge on any atom is -0.507 e. The summed E-state index contributed by atoms with van der Waals surface area (Å²) in [6.07, 6.45) is 1.76. The quantitative estimate of drug-likeness (QED) is 0.580. The van der Waals surface area contributed by atoms with E-state index in [4.69, 9.17) is 17.0 Å². The molecule has 0 bridgehead atoms. The van der Waals surface area contributed by atoms with Crippen molar-refractivity contribution >= 4 is 61.9 Å². The van der Waals surface area contributed by atoms with Gasteiger partial charge in [0.2, 0.25) is 0 Å². The van der Waals surface area contributed by atoms with Crippen molar-refractivity contribution in [1.29, 1.82) is 0 Å². The number of carbonyl (C=O) groups is 1. The first kappa shape index (κ1) is 17.0. The Morgan fingerprint density at radius 1 is 1.25 bits per heavy atom. The molecule has 0 unspecified atom stereocenters. The number of benzene rings is 2. The molecule has 1 heterocycles. The summed E-state index contributed by atoms with van der Waals surface area (Å²) in [6, 6.07) is 12.2. The zero-order valence-corrected chi connectivity index (χ0v) is 15.7. The highest BCUT2D eigenvalue weighted by atomic mass is 79.9. The molecular weight excluding hydrogens is 410 g/mol. The van der Waals surface area contributed by atoms with Crippen molar-refractivity contribution in [3.8, 4) is 11.5 Å². The average molecular weight is 422 g/mol. The predicted molar refractivity (Wildman–Crippen MR) is 104 cm³/mol. The maximum atomic E-state index is 12.7. The molecule has 1 N–H and O–H groups in total. The molecule has 4 nitrogen and oxygen atoms in total. The number of amides is 1. The lowest BCUT2D eigenvalue weighted by Crippen LogP contribution is -2.27. The Bertz CT molecular complexity index is 849. The molecule has 1 aliphatic heterocycles. The molecule has 0 aliphatic carbocycles. The van der Waals surface area contributed by atoms with Crippen LogP contribution < -0.4 is 9.64 Å². The Labute approximate surface area is 157 Å². The number of hydrogen-bond donors (Lipinski definition) is 1. The Hall–Kier alpha value is -1.83. The van der Waals surface area contributed by atoms with Gasteiger partial charge in [-0.25, -0.2) is 0 Å². The van der Waals surface area contributed by atoms with E-state index in [9.17, 15) is 9.90 Å². The van der Waals surface area contributed by atoms with Gasteiger partial charge in [-0.05, 0) is 64.0 Å². The van der Waals surface area contributed by atoms with Gasteiger partial charge in [-0.2, -0.15) is 0 Å². The summed E-state index contributed by atoms with van der Waals surface area (Å²) in [5.74, 6) is 0.700. The number of halogens is 1. The smallest absolute Gasteiger partial charge is 0.270 e. The predicted octanol–water partition coefficient (Wildman–Crippen LogP) is 4.57. The molecule has 2 aromatic rings. The van der Waals surface area contributed by atoms with Crippen LogP contribution in [0.5, 0.6) is 11.5 Å². The van der Waals surface area contributed by atoms with Crippen molar-refractivity contribution in [2.75, 3.05) is 12.0 Å². The van der Waals surface area contributed by atoms with E-state index in [0.717, 1.165) is 5.56 Å². The topological polar surface area (TPSA) is 49.8 Å². The van der Waals surface area contributed by atoms with Gasteiger partial charge in [-0.15, -0.1) is 0 Å². The minimum absolute atomic E-state index is 0.151. The fraction of sp³-hybridized carbons (Fsp3) is 0.0588. The Kier molecular flexibility index (Phi) is 4.93. The molecule has 1 fully saturated rings. The largest absolute Gasteiger partial charge is 0.507 e. The maximum Gasteiger partial charge on any atom is 0.270 e. The molecule has 7 heteroatoms. The number of phenolic OH excluding ortho intramolecular Hbond substituents is 1. The molecular formula is C17H12BrNO3S2. The normalized spacial score (nSPS) is 16.1. The van der Waals surface area contributed by atoms with E-state index >= 15 is 0 Å². The number of aromatic hydroxyl groups is 1. The monoisotopic (exact) mass is 421 g/mol. The molecule has 0 radical (unpaired) electrons. The highest BCUT2D eigenvalue weighted by Gasteiger charge is 2.33. The van der Waals surface area contributed by atoms with E-state index in [1.165, 1.54) is 16.7 Å². The van der Waals surface area contributed by atoms with Gasteiger partial charge in [0.25, 0.3) is 5.91 Å². The van der Waals surface area contributed by atoms with Gasteiger partial charge in [0.15, 0.2) is 4.32 Å². The van der Waals surface area contributed by atoms with Crippen LogP contribution in [-0.2, 0) is 4.79 Å². The molecule has 122 valence electrons. The molecule has 24 heavy (non-hydrogen) atoms. The zero-order valence-electron chi connectivity index (χ0n) is 12.5. The molecule has 1 aliphatic rings. The number of thioether (sulfide) groups is 1. The van der Waals surface area contributed by atoms with Gasteiger partial charge in [0, 0.05) is 0 Å². The second-order valence-electron chi connectivity index (χ2n) is 4.93. The molecule has 2 aromatic carbocycles. The van der Waals surface area contributed by atoms with Crippen LogP contribution in [0.2, 0.25) is 0 Å². The van der Waals surface area contributed by atoms with E-state index in [1.54, 1.807) is 55.7 Å². The van der Waals surface area contributed by atoms with Crippen LogP contribution in [0.4, 0.5) is 5.69 Å². The third-order valence-electron chi connectivity index (χ3n) is 3.39. The first-order valence-corrected chi connectivity index (χ1v) is 8.92. The highest BCUT2D eigenvalue weighted by Crippen LogP contribution is 2.37. The van der Waals surface area contributed by atoms with Crippen molar-refractivity contribution in [2.45, 2.75) is 0 Å². The molecule has 0 spiro atoms.